The molecule has 8 heteroatoms. The van der Waals surface area contributed by atoms with Crippen molar-refractivity contribution in [3.05, 3.63) is 89.2 Å². The number of piperidine rings is 1. The number of imide groups is 1. The van der Waals surface area contributed by atoms with E-state index < -0.39 is 0 Å². The van der Waals surface area contributed by atoms with Crippen LogP contribution in [0.25, 0.3) is 0 Å². The van der Waals surface area contributed by atoms with Crippen LogP contribution in [-0.2, 0) is 17.9 Å². The summed E-state index contributed by atoms with van der Waals surface area (Å²) in [6.45, 7) is 4.29. The van der Waals surface area contributed by atoms with E-state index in [-0.39, 0.29) is 30.2 Å². The molecule has 2 aliphatic heterocycles. The van der Waals surface area contributed by atoms with Gasteiger partial charge in [0.1, 0.15) is 5.75 Å². The van der Waals surface area contributed by atoms with Gasteiger partial charge in [0.05, 0.1) is 35.9 Å². The highest BCUT2D eigenvalue weighted by Crippen LogP contribution is 2.34. The first-order valence-electron chi connectivity index (χ1n) is 12.7. The molecule has 1 fully saturated rings. The summed E-state index contributed by atoms with van der Waals surface area (Å²) in [5, 5.41) is 3.06. The molecule has 37 heavy (non-hydrogen) atoms. The predicted molar refractivity (Wildman–Crippen MR) is 139 cm³/mol. The number of hydrogen-bond acceptors (Lipinski definition) is 6. The maximum atomic E-state index is 13.4. The lowest BCUT2D eigenvalue weighted by molar-refractivity contribution is -0.125. The van der Waals surface area contributed by atoms with E-state index in [2.05, 4.69) is 15.2 Å². The smallest absolute Gasteiger partial charge is 0.263 e. The Balaban J connectivity index is 1.30. The monoisotopic (exact) mass is 498 g/mol. The van der Waals surface area contributed by atoms with Crippen molar-refractivity contribution >= 4 is 23.4 Å². The maximum absolute atomic E-state index is 13.4. The number of nitrogens with zero attached hydrogens (tertiary/aromatic N) is 3. The molecule has 0 bridgehead atoms. The molecule has 2 aromatic carbocycles. The summed E-state index contributed by atoms with van der Waals surface area (Å²) in [6.07, 6.45) is 4.88. The van der Waals surface area contributed by atoms with Gasteiger partial charge >= 0.3 is 0 Å². The summed E-state index contributed by atoms with van der Waals surface area (Å²) < 4.78 is 5.67. The number of rotatable bonds is 8. The van der Waals surface area contributed by atoms with Crippen molar-refractivity contribution in [2.45, 2.75) is 32.9 Å². The highest BCUT2D eigenvalue weighted by atomic mass is 16.5. The molecule has 8 nitrogen and oxygen atoms in total. The minimum absolute atomic E-state index is 0.0229. The number of hydrogen-bond donors (Lipinski definition) is 1. The molecule has 0 radical (unpaired) electrons. The lowest BCUT2D eigenvalue weighted by Crippen LogP contribution is -2.43. The Morgan fingerprint density at radius 1 is 1.05 bits per heavy atom. The van der Waals surface area contributed by atoms with Crippen LogP contribution in [0.2, 0.25) is 0 Å². The molecule has 3 heterocycles. The zero-order valence-corrected chi connectivity index (χ0v) is 20.9. The van der Waals surface area contributed by atoms with Gasteiger partial charge in [0.2, 0.25) is 5.91 Å². The molecular formula is C29H30N4O4. The number of benzene rings is 2. The summed E-state index contributed by atoms with van der Waals surface area (Å²) >= 11 is 0. The van der Waals surface area contributed by atoms with Crippen molar-refractivity contribution in [3.8, 4) is 5.75 Å². The zero-order chi connectivity index (χ0) is 25.8. The van der Waals surface area contributed by atoms with E-state index >= 15 is 0 Å². The van der Waals surface area contributed by atoms with Gasteiger partial charge in [0.15, 0.2) is 0 Å². The maximum Gasteiger partial charge on any atom is 0.263 e. The SMILES string of the molecule is CCOc1ccccc1CNC(=O)[C@@H]1CCCN(c2cccc3c2C(=O)N(Cc2ccncc2)C3=O)C1. The number of aromatic nitrogens is 1. The van der Waals surface area contributed by atoms with Crippen molar-refractivity contribution in [1.29, 1.82) is 0 Å². The number of fused-ring (bicyclic) bond motifs is 1. The van der Waals surface area contributed by atoms with Crippen LogP contribution in [0.1, 0.15) is 51.6 Å². The third kappa shape index (κ3) is 5.05. The fraction of sp³-hybridized carbons (Fsp3) is 0.310. The molecule has 190 valence electrons. The molecule has 1 atom stereocenters. The van der Waals surface area contributed by atoms with Crippen LogP contribution in [0.5, 0.6) is 5.75 Å². The van der Waals surface area contributed by atoms with Crippen molar-refractivity contribution < 1.29 is 19.1 Å². The molecule has 1 N–H and O–H groups in total. The van der Waals surface area contributed by atoms with Gasteiger partial charge in [0, 0.05) is 37.6 Å². The van der Waals surface area contributed by atoms with E-state index in [9.17, 15) is 14.4 Å². The second-order valence-corrected chi connectivity index (χ2v) is 9.30. The number of pyridine rings is 1. The molecule has 0 aliphatic carbocycles. The summed E-state index contributed by atoms with van der Waals surface area (Å²) in [6, 6.07) is 16.7. The molecule has 3 amide bonds. The average molecular weight is 499 g/mol. The molecule has 2 aliphatic rings. The number of nitrogens with one attached hydrogen (secondary N) is 1. The number of anilines is 1. The van der Waals surface area contributed by atoms with E-state index in [1.165, 1.54) is 4.90 Å². The topological polar surface area (TPSA) is 91.8 Å². The highest BCUT2D eigenvalue weighted by molar-refractivity contribution is 6.23. The fourth-order valence-corrected chi connectivity index (χ4v) is 5.08. The van der Waals surface area contributed by atoms with Crippen molar-refractivity contribution in [2.75, 3.05) is 24.6 Å². The van der Waals surface area contributed by atoms with Gasteiger partial charge in [-0.2, -0.15) is 0 Å². The van der Waals surface area contributed by atoms with Crippen LogP contribution >= 0.6 is 0 Å². The molecule has 0 spiro atoms. The molecular weight excluding hydrogens is 468 g/mol. The second kappa shape index (κ2) is 10.8. The standard InChI is InChI=1S/C29H30N4O4/c1-2-37-25-11-4-3-7-21(25)17-31-27(34)22-8-6-16-32(19-22)24-10-5-9-23-26(24)29(36)33(28(23)35)18-20-12-14-30-15-13-20/h3-5,7,9-15,22H,2,6,8,16-19H2,1H3,(H,31,34)/t22-/m1/s1. The summed E-state index contributed by atoms with van der Waals surface area (Å²) in [4.78, 5) is 47.0. The summed E-state index contributed by atoms with van der Waals surface area (Å²) in [5.41, 5.74) is 3.33. The third-order valence-corrected chi connectivity index (χ3v) is 6.93. The van der Waals surface area contributed by atoms with Gasteiger partial charge in [-0.25, -0.2) is 0 Å². The van der Waals surface area contributed by atoms with Crippen LogP contribution in [0, 0.1) is 5.92 Å². The van der Waals surface area contributed by atoms with Crippen LogP contribution in [0.3, 0.4) is 0 Å². The number of ether oxygens (including phenoxy) is 1. The molecule has 0 unspecified atom stereocenters. The van der Waals surface area contributed by atoms with Crippen LogP contribution in [0.15, 0.2) is 67.0 Å². The van der Waals surface area contributed by atoms with Crippen LogP contribution < -0.4 is 15.0 Å². The summed E-state index contributed by atoms with van der Waals surface area (Å²) in [5.74, 6) is -0.0614. The quantitative estimate of drug-likeness (QED) is 0.475. The van der Waals surface area contributed by atoms with Crippen molar-refractivity contribution in [1.82, 2.24) is 15.2 Å². The Morgan fingerprint density at radius 3 is 2.68 bits per heavy atom. The molecule has 1 saturated heterocycles. The Kier molecular flexibility index (Phi) is 7.16. The van der Waals surface area contributed by atoms with Gasteiger partial charge in [-0.15, -0.1) is 0 Å². The Labute approximate surface area is 216 Å². The van der Waals surface area contributed by atoms with Gasteiger partial charge < -0.3 is 15.0 Å². The number of para-hydroxylation sites is 1. The van der Waals surface area contributed by atoms with Gasteiger partial charge in [-0.3, -0.25) is 24.3 Å². The molecule has 3 aromatic rings. The third-order valence-electron chi connectivity index (χ3n) is 6.93. The number of carbonyl (C=O) groups excluding carboxylic acids is 3. The van der Waals surface area contributed by atoms with Crippen LogP contribution in [-0.4, -0.2) is 47.3 Å². The molecule has 5 rings (SSSR count). The van der Waals surface area contributed by atoms with Crippen LogP contribution in [0.4, 0.5) is 5.69 Å². The first-order valence-corrected chi connectivity index (χ1v) is 12.7. The Bertz CT molecular complexity index is 1310. The second-order valence-electron chi connectivity index (χ2n) is 9.30. The lowest BCUT2D eigenvalue weighted by atomic mass is 9.95. The predicted octanol–water partition coefficient (Wildman–Crippen LogP) is 3.81. The van der Waals surface area contributed by atoms with Gasteiger partial charge in [0.25, 0.3) is 11.8 Å². The van der Waals surface area contributed by atoms with Gasteiger partial charge in [-0.1, -0.05) is 24.3 Å². The van der Waals surface area contributed by atoms with E-state index in [1.54, 1.807) is 30.6 Å². The fourth-order valence-electron chi connectivity index (χ4n) is 5.08. The minimum Gasteiger partial charge on any atom is -0.494 e. The van der Waals surface area contributed by atoms with E-state index in [1.807, 2.05) is 43.3 Å². The minimum atomic E-state index is -0.300. The first kappa shape index (κ1) is 24.5. The van der Waals surface area contributed by atoms with E-state index in [4.69, 9.17) is 4.74 Å². The highest BCUT2D eigenvalue weighted by Gasteiger charge is 2.39. The van der Waals surface area contributed by atoms with Gasteiger partial charge in [-0.05, 0) is 55.7 Å². The molecule has 1 aromatic heterocycles. The van der Waals surface area contributed by atoms with E-state index in [0.29, 0.717) is 36.5 Å². The van der Waals surface area contributed by atoms with E-state index in [0.717, 1.165) is 36.3 Å². The molecule has 0 saturated carbocycles. The zero-order valence-electron chi connectivity index (χ0n) is 20.9. The lowest BCUT2D eigenvalue weighted by Gasteiger charge is -2.34. The average Bonchev–Trinajstić information content (AvgIpc) is 3.18. The summed E-state index contributed by atoms with van der Waals surface area (Å²) in [7, 11) is 0. The van der Waals surface area contributed by atoms with Crippen molar-refractivity contribution in [2.24, 2.45) is 5.92 Å². The number of carbonyl (C=O) groups is 3. The Hall–Kier alpha value is -4.20. The normalized spacial score (nSPS) is 17.1. The Morgan fingerprint density at radius 2 is 1.86 bits per heavy atom. The number of amides is 3. The first-order chi connectivity index (χ1) is 18.1. The largest absolute Gasteiger partial charge is 0.494 e. The van der Waals surface area contributed by atoms with Crippen molar-refractivity contribution in [3.63, 3.8) is 0 Å².